The molecular formula is C25H25ClFN3O5S. The zero-order chi connectivity index (χ0) is 26.0. The summed E-state index contributed by atoms with van der Waals surface area (Å²) in [6.07, 6.45) is 5.37. The lowest BCUT2D eigenvalue weighted by molar-refractivity contribution is -0.137. The van der Waals surface area contributed by atoms with E-state index in [-0.39, 0.29) is 46.7 Å². The molecular weight excluding hydrogens is 509 g/mol. The van der Waals surface area contributed by atoms with Crippen molar-refractivity contribution < 1.29 is 27.4 Å². The fourth-order valence-corrected chi connectivity index (χ4v) is 5.44. The molecule has 4 rings (SSSR count). The van der Waals surface area contributed by atoms with Crippen molar-refractivity contribution in [2.24, 2.45) is 0 Å². The van der Waals surface area contributed by atoms with Crippen molar-refractivity contribution in [3.63, 3.8) is 0 Å². The maximum Gasteiger partial charge on any atom is 0.303 e. The Balaban J connectivity index is 1.73. The van der Waals surface area contributed by atoms with Crippen LogP contribution in [0.2, 0.25) is 5.02 Å². The van der Waals surface area contributed by atoms with Gasteiger partial charge in [-0.1, -0.05) is 29.8 Å². The van der Waals surface area contributed by atoms with Crippen molar-refractivity contribution in [1.82, 2.24) is 9.55 Å². The molecule has 0 amide bonds. The van der Waals surface area contributed by atoms with E-state index in [0.717, 1.165) is 0 Å². The average molecular weight is 534 g/mol. The molecule has 0 bridgehead atoms. The number of ether oxygens (including phenoxy) is 1. The van der Waals surface area contributed by atoms with Crippen LogP contribution in [0.5, 0.6) is 5.75 Å². The van der Waals surface area contributed by atoms with E-state index in [4.69, 9.17) is 21.4 Å². The summed E-state index contributed by atoms with van der Waals surface area (Å²) in [6, 6.07) is 9.33. The van der Waals surface area contributed by atoms with Gasteiger partial charge in [-0.3, -0.25) is 9.10 Å². The number of halogens is 2. The molecule has 0 saturated carbocycles. The van der Waals surface area contributed by atoms with E-state index >= 15 is 0 Å². The molecule has 3 aromatic rings. The zero-order valence-electron chi connectivity index (χ0n) is 19.6. The molecule has 0 radical (unpaired) electrons. The number of aromatic nitrogens is 2. The third kappa shape index (κ3) is 5.39. The first-order valence-electron chi connectivity index (χ1n) is 11.3. The Morgan fingerprint density at radius 3 is 2.75 bits per heavy atom. The highest BCUT2D eigenvalue weighted by atomic mass is 35.5. The van der Waals surface area contributed by atoms with Gasteiger partial charge in [0.15, 0.2) is 5.03 Å². The minimum atomic E-state index is -4.09. The number of carboxylic acids is 1. The van der Waals surface area contributed by atoms with Crippen LogP contribution in [0.4, 0.5) is 10.1 Å². The Morgan fingerprint density at radius 1 is 1.31 bits per heavy atom. The first kappa shape index (κ1) is 25.7. The Bertz CT molecular complexity index is 1400. The number of nitrogens with zero attached hydrogens (tertiary/aromatic N) is 3. The normalized spacial score (nSPS) is 15.8. The molecule has 1 aromatic heterocycles. The molecule has 11 heteroatoms. The number of hydrogen-bond donors (Lipinski definition) is 1. The molecule has 0 saturated heterocycles. The number of benzene rings is 2. The monoisotopic (exact) mass is 533 g/mol. The number of anilines is 1. The molecule has 0 spiro atoms. The van der Waals surface area contributed by atoms with Crippen LogP contribution in [0.3, 0.4) is 0 Å². The van der Waals surface area contributed by atoms with E-state index in [1.807, 2.05) is 13.8 Å². The lowest BCUT2D eigenvalue weighted by atomic mass is 10.1. The van der Waals surface area contributed by atoms with Crippen molar-refractivity contribution in [2.45, 2.75) is 43.9 Å². The van der Waals surface area contributed by atoms with E-state index in [2.05, 4.69) is 4.98 Å². The minimum absolute atomic E-state index is 0.0173. The van der Waals surface area contributed by atoms with Gasteiger partial charge in [-0.05, 0) is 56.2 Å². The average Bonchev–Trinajstić information content (AvgIpc) is 3.34. The zero-order valence-corrected chi connectivity index (χ0v) is 21.2. The number of rotatable bonds is 8. The van der Waals surface area contributed by atoms with Crippen molar-refractivity contribution in [3.05, 3.63) is 70.9 Å². The second-order valence-corrected chi connectivity index (χ2v) is 10.9. The number of fused-ring (bicyclic) bond motifs is 1. The molecule has 0 fully saturated rings. The van der Waals surface area contributed by atoms with Crippen LogP contribution >= 0.6 is 11.6 Å². The van der Waals surface area contributed by atoms with Crippen LogP contribution in [0.1, 0.15) is 43.9 Å². The topological polar surface area (TPSA) is 102 Å². The summed E-state index contributed by atoms with van der Waals surface area (Å²) in [5.74, 6) is -1.18. The molecule has 1 aliphatic heterocycles. The first-order chi connectivity index (χ1) is 17.1. The number of aliphatic carboxylic acids is 1. The molecule has 1 atom stereocenters. The number of imidazole rings is 1. The van der Waals surface area contributed by atoms with E-state index in [1.54, 1.807) is 34.9 Å². The minimum Gasteiger partial charge on any atom is -0.486 e. The molecule has 190 valence electrons. The SMILES string of the molecule is CC(C)n1cnc(S(=O)(=O)N2C[C@H](CCC(=O)O)Oc3ccc(/C=C/c4c(F)cccc4Cl)cc32)c1. The van der Waals surface area contributed by atoms with Gasteiger partial charge in [0.1, 0.15) is 17.7 Å². The molecule has 2 aromatic carbocycles. The molecule has 2 heterocycles. The molecule has 0 unspecified atom stereocenters. The van der Waals surface area contributed by atoms with Gasteiger partial charge in [-0.25, -0.2) is 9.37 Å². The van der Waals surface area contributed by atoms with Crippen LogP contribution in [0, 0.1) is 5.82 Å². The number of hydrogen-bond acceptors (Lipinski definition) is 5. The van der Waals surface area contributed by atoms with Crippen molar-refractivity contribution in [3.8, 4) is 5.75 Å². The van der Waals surface area contributed by atoms with Gasteiger partial charge in [0.2, 0.25) is 0 Å². The van der Waals surface area contributed by atoms with Crippen LogP contribution in [0.15, 0.2) is 53.9 Å². The molecule has 1 N–H and O–H groups in total. The lowest BCUT2D eigenvalue weighted by Crippen LogP contribution is -2.43. The Hall–Kier alpha value is -3.37. The molecule has 1 aliphatic rings. The Morgan fingerprint density at radius 2 is 2.08 bits per heavy atom. The number of sulfonamides is 1. The van der Waals surface area contributed by atoms with Crippen molar-refractivity contribution in [1.29, 1.82) is 0 Å². The lowest BCUT2D eigenvalue weighted by Gasteiger charge is -2.35. The van der Waals surface area contributed by atoms with Gasteiger partial charge in [0.05, 0.1) is 23.6 Å². The third-order valence-corrected chi connectivity index (χ3v) is 7.76. The molecule has 36 heavy (non-hydrogen) atoms. The predicted octanol–water partition coefficient (Wildman–Crippen LogP) is 5.25. The maximum absolute atomic E-state index is 14.2. The Kier molecular flexibility index (Phi) is 7.37. The summed E-state index contributed by atoms with van der Waals surface area (Å²) in [7, 11) is -4.09. The van der Waals surface area contributed by atoms with Gasteiger partial charge in [0.25, 0.3) is 10.0 Å². The van der Waals surface area contributed by atoms with E-state index < -0.39 is 27.9 Å². The van der Waals surface area contributed by atoms with E-state index in [9.17, 15) is 17.6 Å². The molecule has 0 aliphatic carbocycles. The Labute approximate surface area is 213 Å². The molecule has 8 nitrogen and oxygen atoms in total. The summed E-state index contributed by atoms with van der Waals surface area (Å²) in [5, 5.41) is 9.21. The highest BCUT2D eigenvalue weighted by Crippen LogP contribution is 2.39. The first-order valence-corrected chi connectivity index (χ1v) is 13.1. The van der Waals surface area contributed by atoms with E-state index in [0.29, 0.717) is 11.3 Å². The summed E-state index contributed by atoms with van der Waals surface area (Å²) in [5.41, 5.74) is 1.08. The maximum atomic E-state index is 14.2. The van der Waals surface area contributed by atoms with E-state index in [1.165, 1.54) is 35.0 Å². The standard InChI is InChI=1S/C25H25ClFN3O5S/c1-16(2)29-14-24(28-15-29)36(33,34)30-13-18(8-11-25(31)32)35-23-10-7-17(12-22(23)30)6-9-19-20(26)4-3-5-21(19)27/h3-7,9-10,12,14-16,18H,8,11,13H2,1-2H3,(H,31,32)/b9-6+/t18-/m0/s1. The van der Waals surface area contributed by atoms with Crippen molar-refractivity contribution >= 4 is 45.4 Å². The van der Waals surface area contributed by atoms with Crippen LogP contribution in [-0.2, 0) is 14.8 Å². The van der Waals surface area contributed by atoms with Gasteiger partial charge in [0, 0.05) is 24.2 Å². The second kappa shape index (κ2) is 10.3. The summed E-state index contributed by atoms with van der Waals surface area (Å²) < 4.78 is 50.3. The summed E-state index contributed by atoms with van der Waals surface area (Å²) >= 11 is 6.10. The largest absolute Gasteiger partial charge is 0.486 e. The van der Waals surface area contributed by atoms with Gasteiger partial charge >= 0.3 is 5.97 Å². The summed E-state index contributed by atoms with van der Waals surface area (Å²) in [6.45, 7) is 3.73. The quantitative estimate of drug-likeness (QED) is 0.397. The fourth-order valence-electron chi connectivity index (χ4n) is 3.79. The fraction of sp³-hybridized carbons (Fsp3) is 0.280. The van der Waals surface area contributed by atoms with Gasteiger partial charge in [-0.2, -0.15) is 8.42 Å². The van der Waals surface area contributed by atoms with Crippen molar-refractivity contribution in [2.75, 3.05) is 10.8 Å². The number of carboxylic acid groups (broad SMARTS) is 1. The highest BCUT2D eigenvalue weighted by Gasteiger charge is 2.36. The smallest absolute Gasteiger partial charge is 0.303 e. The van der Waals surface area contributed by atoms with Crippen LogP contribution in [0.25, 0.3) is 12.2 Å². The summed E-state index contributed by atoms with van der Waals surface area (Å²) in [4.78, 5) is 15.2. The predicted molar refractivity (Wildman–Crippen MR) is 135 cm³/mol. The van der Waals surface area contributed by atoms with Crippen LogP contribution in [-0.4, -0.2) is 41.7 Å². The highest BCUT2D eigenvalue weighted by molar-refractivity contribution is 7.92. The second-order valence-electron chi connectivity index (χ2n) is 8.66. The number of carbonyl (C=O) groups is 1. The van der Waals surface area contributed by atoms with Crippen LogP contribution < -0.4 is 9.04 Å². The van der Waals surface area contributed by atoms with Gasteiger partial charge in [-0.15, -0.1) is 0 Å². The van der Waals surface area contributed by atoms with Gasteiger partial charge < -0.3 is 14.4 Å². The third-order valence-electron chi connectivity index (χ3n) is 5.77.